The maximum absolute atomic E-state index is 12.9. The minimum Gasteiger partial charge on any atom is -0.326 e. The van der Waals surface area contributed by atoms with Crippen LogP contribution in [0.15, 0.2) is 24.3 Å². The third kappa shape index (κ3) is 3.71. The average Bonchev–Trinajstić information content (AvgIpc) is 3.39. The number of anilines is 1. The van der Waals surface area contributed by atoms with Crippen molar-refractivity contribution in [3.05, 3.63) is 29.8 Å². The molecule has 4 rings (SSSR count). The normalized spacial score (nSPS) is 30.8. The highest BCUT2D eigenvalue weighted by Crippen LogP contribution is 2.38. The van der Waals surface area contributed by atoms with E-state index in [2.05, 4.69) is 23.0 Å². The van der Waals surface area contributed by atoms with Crippen molar-refractivity contribution in [2.45, 2.75) is 51.5 Å². The average molecular weight is 398 g/mol. The lowest BCUT2D eigenvalue weighted by atomic mass is 9.77. The summed E-state index contributed by atoms with van der Waals surface area (Å²) >= 11 is 0. The van der Waals surface area contributed by atoms with Crippen LogP contribution in [0, 0.1) is 17.8 Å². The van der Waals surface area contributed by atoms with Gasteiger partial charge in [-0.25, -0.2) is 4.79 Å². The number of carbonyl (C=O) groups excluding carboxylic acids is 4. The molecule has 0 bridgehead atoms. The van der Waals surface area contributed by atoms with Gasteiger partial charge in [-0.3, -0.25) is 19.8 Å². The largest absolute Gasteiger partial charge is 0.344 e. The van der Waals surface area contributed by atoms with Crippen molar-refractivity contribution < 1.29 is 19.2 Å². The smallest absolute Gasteiger partial charge is 0.326 e. The molecule has 2 saturated carbocycles. The molecule has 0 aromatic heterocycles. The van der Waals surface area contributed by atoms with Gasteiger partial charge < -0.3 is 10.6 Å². The Balaban J connectivity index is 1.42. The Bertz CT molecular complexity index is 875. The van der Waals surface area contributed by atoms with Crippen molar-refractivity contribution >= 4 is 29.4 Å². The fourth-order valence-corrected chi connectivity index (χ4v) is 4.14. The summed E-state index contributed by atoms with van der Waals surface area (Å²) in [6.45, 7) is 4.15. The number of imide groups is 1. The first kappa shape index (κ1) is 19.4. The summed E-state index contributed by atoms with van der Waals surface area (Å²) in [4.78, 5) is 50.0. The van der Waals surface area contributed by atoms with Gasteiger partial charge in [0.25, 0.3) is 11.8 Å². The molecule has 0 radical (unpaired) electrons. The quantitative estimate of drug-likeness (QED) is 0.677. The Morgan fingerprint density at radius 3 is 2.52 bits per heavy atom. The van der Waals surface area contributed by atoms with E-state index in [1.165, 1.54) is 6.07 Å². The number of nitrogens with zero attached hydrogens (tertiary/aromatic N) is 1. The molecule has 1 aromatic carbocycles. The minimum atomic E-state index is -0.909. The highest BCUT2D eigenvalue weighted by molar-refractivity contribution is 6.09. The highest BCUT2D eigenvalue weighted by atomic mass is 16.2. The van der Waals surface area contributed by atoms with E-state index in [0.717, 1.165) is 24.3 Å². The first-order chi connectivity index (χ1) is 13.8. The number of benzene rings is 1. The van der Waals surface area contributed by atoms with E-state index in [1.807, 2.05) is 6.92 Å². The molecular formula is C21H26N4O4. The van der Waals surface area contributed by atoms with E-state index in [0.29, 0.717) is 30.4 Å². The SMILES string of the molecule is CC1CCC2(CC1)NC(=O)N(NC(=O)c1cccc(NC(=O)C3CC3C)c1)C2=O. The second kappa shape index (κ2) is 7.17. The molecule has 1 heterocycles. The molecule has 3 aliphatic rings. The maximum Gasteiger partial charge on any atom is 0.344 e. The standard InChI is InChI=1S/C21H26N4O4/c1-12-6-8-21(9-7-12)19(28)25(20(29)23-21)24-17(26)14-4-3-5-15(11-14)22-18(27)16-10-13(16)2/h3-5,11-13,16H,6-10H2,1-2H3,(H,22,27)(H,23,29)(H,24,26). The molecule has 154 valence electrons. The van der Waals surface area contributed by atoms with Crippen LogP contribution in [0.25, 0.3) is 0 Å². The molecule has 5 amide bonds. The number of hydrazine groups is 1. The Labute approximate surface area is 169 Å². The van der Waals surface area contributed by atoms with Crippen LogP contribution >= 0.6 is 0 Å². The second-order valence-electron chi connectivity index (χ2n) is 8.67. The van der Waals surface area contributed by atoms with E-state index >= 15 is 0 Å². The topological polar surface area (TPSA) is 108 Å². The summed E-state index contributed by atoms with van der Waals surface area (Å²) in [6.07, 6.45) is 3.74. The Hall–Kier alpha value is -2.90. The van der Waals surface area contributed by atoms with Crippen molar-refractivity contribution in [3.8, 4) is 0 Å². The third-order valence-corrected chi connectivity index (χ3v) is 6.34. The van der Waals surface area contributed by atoms with E-state index in [4.69, 9.17) is 0 Å². The molecule has 1 aliphatic heterocycles. The maximum atomic E-state index is 12.9. The monoisotopic (exact) mass is 398 g/mol. The van der Waals surface area contributed by atoms with Crippen molar-refractivity contribution in [3.63, 3.8) is 0 Å². The van der Waals surface area contributed by atoms with Crippen LogP contribution < -0.4 is 16.1 Å². The van der Waals surface area contributed by atoms with Gasteiger partial charge >= 0.3 is 6.03 Å². The summed E-state index contributed by atoms with van der Waals surface area (Å²) in [6, 6.07) is 5.85. The lowest BCUT2D eigenvalue weighted by Gasteiger charge is -2.33. The van der Waals surface area contributed by atoms with Crippen LogP contribution in [0.5, 0.6) is 0 Å². The Morgan fingerprint density at radius 1 is 1.17 bits per heavy atom. The molecule has 2 atom stereocenters. The van der Waals surface area contributed by atoms with Gasteiger partial charge in [0.2, 0.25) is 5.91 Å². The number of amides is 5. The summed E-state index contributed by atoms with van der Waals surface area (Å²) in [7, 11) is 0. The lowest BCUT2D eigenvalue weighted by molar-refractivity contribution is -0.134. The fraction of sp³-hybridized carbons (Fsp3) is 0.524. The summed E-state index contributed by atoms with van der Waals surface area (Å²) in [5.74, 6) is -0.118. The highest BCUT2D eigenvalue weighted by Gasteiger charge is 2.53. The van der Waals surface area contributed by atoms with Gasteiger partial charge in [0.05, 0.1) is 0 Å². The predicted molar refractivity (Wildman–Crippen MR) is 106 cm³/mol. The predicted octanol–water partition coefficient (Wildman–Crippen LogP) is 2.43. The van der Waals surface area contributed by atoms with E-state index in [9.17, 15) is 19.2 Å². The second-order valence-corrected chi connectivity index (χ2v) is 8.67. The van der Waals surface area contributed by atoms with Gasteiger partial charge in [-0.1, -0.05) is 19.9 Å². The third-order valence-electron chi connectivity index (χ3n) is 6.34. The number of rotatable bonds is 4. The van der Waals surface area contributed by atoms with Crippen LogP contribution in [-0.4, -0.2) is 34.3 Å². The molecule has 1 aromatic rings. The van der Waals surface area contributed by atoms with Crippen LogP contribution in [0.1, 0.15) is 56.3 Å². The molecule has 1 spiro atoms. The van der Waals surface area contributed by atoms with Gasteiger partial charge in [-0.15, -0.1) is 0 Å². The van der Waals surface area contributed by atoms with Gasteiger partial charge in [-0.05, 0) is 62.1 Å². The van der Waals surface area contributed by atoms with E-state index in [1.54, 1.807) is 18.2 Å². The Kier molecular flexibility index (Phi) is 4.80. The first-order valence-corrected chi connectivity index (χ1v) is 10.2. The van der Waals surface area contributed by atoms with Crippen LogP contribution in [0.4, 0.5) is 10.5 Å². The lowest BCUT2D eigenvalue weighted by Crippen LogP contribution is -2.51. The van der Waals surface area contributed by atoms with Crippen molar-refractivity contribution in [1.82, 2.24) is 15.8 Å². The van der Waals surface area contributed by atoms with Crippen molar-refractivity contribution in [2.75, 3.05) is 5.32 Å². The van der Waals surface area contributed by atoms with Crippen LogP contribution in [-0.2, 0) is 9.59 Å². The Morgan fingerprint density at radius 2 is 1.86 bits per heavy atom. The number of hydrogen-bond acceptors (Lipinski definition) is 4. The zero-order valence-corrected chi connectivity index (χ0v) is 16.7. The fourth-order valence-electron chi connectivity index (χ4n) is 4.14. The summed E-state index contributed by atoms with van der Waals surface area (Å²) in [5, 5.41) is 6.37. The van der Waals surface area contributed by atoms with Crippen molar-refractivity contribution in [2.24, 2.45) is 17.8 Å². The van der Waals surface area contributed by atoms with Gasteiger partial charge in [0.1, 0.15) is 5.54 Å². The summed E-state index contributed by atoms with van der Waals surface area (Å²) in [5.41, 5.74) is 2.28. The first-order valence-electron chi connectivity index (χ1n) is 10.2. The zero-order valence-electron chi connectivity index (χ0n) is 16.7. The van der Waals surface area contributed by atoms with Gasteiger partial charge in [0.15, 0.2) is 0 Å². The number of urea groups is 1. The van der Waals surface area contributed by atoms with E-state index < -0.39 is 23.4 Å². The zero-order chi connectivity index (χ0) is 20.8. The van der Waals surface area contributed by atoms with Gasteiger partial charge in [-0.2, -0.15) is 5.01 Å². The molecule has 8 heteroatoms. The van der Waals surface area contributed by atoms with Gasteiger partial charge in [0, 0.05) is 17.2 Å². The van der Waals surface area contributed by atoms with Crippen LogP contribution in [0.3, 0.4) is 0 Å². The minimum absolute atomic E-state index is 0.0211. The number of nitrogens with one attached hydrogen (secondary N) is 3. The summed E-state index contributed by atoms with van der Waals surface area (Å²) < 4.78 is 0. The molecule has 1 saturated heterocycles. The molecule has 8 nitrogen and oxygen atoms in total. The molecular weight excluding hydrogens is 372 g/mol. The van der Waals surface area contributed by atoms with E-state index in [-0.39, 0.29) is 17.4 Å². The molecule has 2 unspecified atom stereocenters. The molecule has 2 aliphatic carbocycles. The number of hydrogen-bond donors (Lipinski definition) is 3. The molecule has 29 heavy (non-hydrogen) atoms. The van der Waals surface area contributed by atoms with Crippen LogP contribution in [0.2, 0.25) is 0 Å². The molecule has 3 N–H and O–H groups in total. The number of carbonyl (C=O) groups is 4. The van der Waals surface area contributed by atoms with Crippen molar-refractivity contribution in [1.29, 1.82) is 0 Å². The molecule has 3 fully saturated rings.